The highest BCUT2D eigenvalue weighted by molar-refractivity contribution is 5.78. The molecular formula is C21H28N2O2. The van der Waals surface area contributed by atoms with Gasteiger partial charge >= 0.3 is 0 Å². The second-order valence-electron chi connectivity index (χ2n) is 6.64. The Morgan fingerprint density at radius 2 is 1.76 bits per heavy atom. The number of nitrogens with zero attached hydrogens (tertiary/aromatic N) is 1. The second-order valence-corrected chi connectivity index (χ2v) is 6.64. The Kier molecular flexibility index (Phi) is 6.59. The van der Waals surface area contributed by atoms with Crippen molar-refractivity contribution in [2.45, 2.75) is 33.4 Å². The first-order valence-electron chi connectivity index (χ1n) is 8.57. The van der Waals surface area contributed by atoms with Crippen LogP contribution < -0.4 is 10.1 Å². The maximum Gasteiger partial charge on any atom is 0.234 e. The van der Waals surface area contributed by atoms with Gasteiger partial charge in [0.2, 0.25) is 5.91 Å². The van der Waals surface area contributed by atoms with E-state index in [-0.39, 0.29) is 11.9 Å². The molecule has 0 aromatic heterocycles. The van der Waals surface area contributed by atoms with Gasteiger partial charge in [-0.1, -0.05) is 42.5 Å². The molecule has 1 N–H and O–H groups in total. The van der Waals surface area contributed by atoms with Gasteiger partial charge in [-0.25, -0.2) is 0 Å². The molecule has 0 saturated carbocycles. The quantitative estimate of drug-likeness (QED) is 0.837. The number of ether oxygens (including phenoxy) is 1. The summed E-state index contributed by atoms with van der Waals surface area (Å²) in [5.74, 6) is 0.960. The van der Waals surface area contributed by atoms with Gasteiger partial charge in [0.15, 0.2) is 0 Å². The van der Waals surface area contributed by atoms with Crippen LogP contribution in [-0.4, -0.2) is 31.5 Å². The maximum atomic E-state index is 12.3. The number of rotatable bonds is 7. The molecule has 0 heterocycles. The molecule has 0 aliphatic rings. The van der Waals surface area contributed by atoms with E-state index in [0.29, 0.717) is 6.54 Å². The molecule has 1 atom stereocenters. The van der Waals surface area contributed by atoms with Crippen molar-refractivity contribution in [2.75, 3.05) is 20.7 Å². The van der Waals surface area contributed by atoms with Crippen molar-refractivity contribution >= 4 is 5.91 Å². The number of hydrogen-bond acceptors (Lipinski definition) is 3. The zero-order chi connectivity index (χ0) is 18.4. The Morgan fingerprint density at radius 3 is 2.32 bits per heavy atom. The summed E-state index contributed by atoms with van der Waals surface area (Å²) in [6.45, 7) is 7.18. The van der Waals surface area contributed by atoms with E-state index in [2.05, 4.69) is 17.4 Å². The monoisotopic (exact) mass is 340 g/mol. The van der Waals surface area contributed by atoms with Crippen molar-refractivity contribution in [1.82, 2.24) is 10.2 Å². The van der Waals surface area contributed by atoms with Crippen LogP contribution in [0.4, 0.5) is 0 Å². The number of aryl methyl sites for hydroxylation is 2. The van der Waals surface area contributed by atoms with Crippen molar-refractivity contribution in [1.29, 1.82) is 0 Å². The molecule has 0 fully saturated rings. The molecule has 1 amide bonds. The van der Waals surface area contributed by atoms with Gasteiger partial charge in [0.1, 0.15) is 5.75 Å². The summed E-state index contributed by atoms with van der Waals surface area (Å²) in [7, 11) is 3.65. The van der Waals surface area contributed by atoms with Crippen molar-refractivity contribution < 1.29 is 9.53 Å². The molecule has 4 nitrogen and oxygen atoms in total. The number of nitrogens with one attached hydrogen (secondary N) is 1. The largest absolute Gasteiger partial charge is 0.496 e. The molecule has 1 unspecified atom stereocenters. The third-order valence-corrected chi connectivity index (χ3v) is 4.27. The summed E-state index contributed by atoms with van der Waals surface area (Å²) in [4.78, 5) is 14.3. The number of amides is 1. The number of hydrogen-bond donors (Lipinski definition) is 1. The fourth-order valence-electron chi connectivity index (χ4n) is 3.18. The number of likely N-dealkylation sites (N-methyl/N-ethyl adjacent to an activating group) is 1. The molecule has 2 rings (SSSR count). The van der Waals surface area contributed by atoms with Crippen molar-refractivity contribution in [3.8, 4) is 5.75 Å². The van der Waals surface area contributed by atoms with Gasteiger partial charge < -0.3 is 10.1 Å². The maximum absolute atomic E-state index is 12.3. The summed E-state index contributed by atoms with van der Waals surface area (Å²) in [6.07, 6.45) is 0. The average molecular weight is 340 g/mol. The van der Waals surface area contributed by atoms with Crippen LogP contribution in [0.3, 0.4) is 0 Å². The zero-order valence-electron chi connectivity index (χ0n) is 15.8. The average Bonchev–Trinajstić information content (AvgIpc) is 2.55. The Bertz CT molecular complexity index is 690. The molecule has 134 valence electrons. The minimum Gasteiger partial charge on any atom is -0.496 e. The molecule has 25 heavy (non-hydrogen) atoms. The predicted molar refractivity (Wildman–Crippen MR) is 102 cm³/mol. The van der Waals surface area contributed by atoms with Crippen molar-refractivity contribution in [3.63, 3.8) is 0 Å². The molecule has 2 aromatic carbocycles. The number of carbonyl (C=O) groups is 1. The lowest BCUT2D eigenvalue weighted by Crippen LogP contribution is -2.36. The number of benzene rings is 2. The molecule has 0 saturated heterocycles. The number of carbonyl (C=O) groups excluding carboxylic acids is 1. The van der Waals surface area contributed by atoms with Crippen LogP contribution in [0.1, 0.15) is 35.2 Å². The van der Waals surface area contributed by atoms with Crippen LogP contribution in [-0.2, 0) is 11.3 Å². The lowest BCUT2D eigenvalue weighted by Gasteiger charge is -2.20. The second kappa shape index (κ2) is 8.67. The van der Waals surface area contributed by atoms with Gasteiger partial charge in [0.25, 0.3) is 0 Å². The van der Waals surface area contributed by atoms with Crippen LogP contribution in [0.5, 0.6) is 5.75 Å². The minimum absolute atomic E-state index is 0.00701. The van der Waals surface area contributed by atoms with Crippen molar-refractivity contribution in [2.24, 2.45) is 0 Å². The van der Waals surface area contributed by atoms with Gasteiger partial charge in [-0.15, -0.1) is 0 Å². The summed E-state index contributed by atoms with van der Waals surface area (Å²) in [5, 5.41) is 3.05. The van der Waals surface area contributed by atoms with E-state index >= 15 is 0 Å². The van der Waals surface area contributed by atoms with E-state index in [4.69, 9.17) is 4.74 Å². The fourth-order valence-corrected chi connectivity index (χ4v) is 3.18. The lowest BCUT2D eigenvalue weighted by atomic mass is 10.1. The first-order chi connectivity index (χ1) is 11.9. The van der Waals surface area contributed by atoms with Crippen LogP contribution in [0.15, 0.2) is 42.5 Å². The SMILES string of the molecule is COc1c(C)cc(CN(C)CC(=O)NC(C)c2ccccc2)cc1C. The van der Waals surface area contributed by atoms with Gasteiger partial charge in [-0.05, 0) is 50.1 Å². The third kappa shape index (κ3) is 5.33. The summed E-state index contributed by atoms with van der Waals surface area (Å²) in [5.41, 5.74) is 4.53. The van der Waals surface area contributed by atoms with E-state index in [9.17, 15) is 4.79 Å². The zero-order valence-corrected chi connectivity index (χ0v) is 15.8. The summed E-state index contributed by atoms with van der Waals surface area (Å²) < 4.78 is 5.41. The molecule has 0 radical (unpaired) electrons. The highest BCUT2D eigenvalue weighted by Gasteiger charge is 2.13. The molecule has 0 spiro atoms. The van der Waals surface area contributed by atoms with Crippen LogP contribution in [0, 0.1) is 13.8 Å². The summed E-state index contributed by atoms with van der Waals surface area (Å²) in [6, 6.07) is 14.2. The Balaban J connectivity index is 1.91. The standard InChI is InChI=1S/C21H28N2O2/c1-15-11-18(12-16(2)21(15)25-5)13-23(4)14-20(24)22-17(3)19-9-7-6-8-10-19/h6-12,17H,13-14H2,1-5H3,(H,22,24). The molecule has 0 aliphatic carbocycles. The first-order valence-corrected chi connectivity index (χ1v) is 8.57. The van der Waals surface area contributed by atoms with Gasteiger partial charge in [-0.2, -0.15) is 0 Å². The topological polar surface area (TPSA) is 41.6 Å². The minimum atomic E-state index is 0.00701. The van der Waals surface area contributed by atoms with Crippen molar-refractivity contribution in [3.05, 3.63) is 64.7 Å². The molecule has 0 aliphatic heterocycles. The molecule has 2 aromatic rings. The number of methoxy groups -OCH3 is 1. The Morgan fingerprint density at radius 1 is 1.16 bits per heavy atom. The Hall–Kier alpha value is -2.33. The highest BCUT2D eigenvalue weighted by atomic mass is 16.5. The smallest absolute Gasteiger partial charge is 0.234 e. The van der Waals surface area contributed by atoms with E-state index in [1.54, 1.807) is 7.11 Å². The van der Waals surface area contributed by atoms with E-state index < -0.39 is 0 Å². The van der Waals surface area contributed by atoms with Gasteiger partial charge in [0.05, 0.1) is 19.7 Å². The van der Waals surface area contributed by atoms with Crippen LogP contribution in [0.25, 0.3) is 0 Å². The Labute approximate surface area is 150 Å². The van der Waals surface area contributed by atoms with Crippen LogP contribution >= 0.6 is 0 Å². The van der Waals surface area contributed by atoms with E-state index in [1.165, 1.54) is 5.56 Å². The molecule has 0 bridgehead atoms. The predicted octanol–water partition coefficient (Wildman–Crippen LogP) is 3.62. The van der Waals surface area contributed by atoms with E-state index in [0.717, 1.165) is 29.0 Å². The normalized spacial score (nSPS) is 12.1. The fraction of sp³-hybridized carbons (Fsp3) is 0.381. The third-order valence-electron chi connectivity index (χ3n) is 4.27. The summed E-state index contributed by atoms with van der Waals surface area (Å²) >= 11 is 0. The first kappa shape index (κ1) is 19.0. The van der Waals surface area contributed by atoms with Gasteiger partial charge in [0, 0.05) is 6.54 Å². The molecule has 4 heteroatoms. The highest BCUT2D eigenvalue weighted by Crippen LogP contribution is 2.24. The molecular weight excluding hydrogens is 312 g/mol. The van der Waals surface area contributed by atoms with Gasteiger partial charge in [-0.3, -0.25) is 9.69 Å². The lowest BCUT2D eigenvalue weighted by molar-refractivity contribution is -0.122. The van der Waals surface area contributed by atoms with E-state index in [1.807, 2.05) is 63.1 Å². The van der Waals surface area contributed by atoms with Crippen LogP contribution in [0.2, 0.25) is 0 Å².